The van der Waals surface area contributed by atoms with E-state index in [1.54, 1.807) is 0 Å². The third-order valence-corrected chi connectivity index (χ3v) is 3.13. The van der Waals surface area contributed by atoms with Crippen LogP contribution >= 0.6 is 0 Å². The minimum absolute atomic E-state index is 0.0212. The maximum atomic E-state index is 12.5. The molecule has 0 bridgehead atoms. The SMILES string of the molecule is [2H]c1nc2c(c(=O)n(CCCC([2H])([2H])[C@@H](C)O)c(=O)n2C)n1C. The average molecular weight is 283 g/mol. The van der Waals surface area contributed by atoms with E-state index in [9.17, 15) is 14.7 Å². The van der Waals surface area contributed by atoms with E-state index in [1.165, 1.54) is 30.2 Å². The molecule has 20 heavy (non-hydrogen) atoms. The number of aliphatic hydroxyl groups is 1. The molecule has 2 heterocycles. The molecule has 0 aromatic carbocycles. The minimum Gasteiger partial charge on any atom is -0.393 e. The van der Waals surface area contributed by atoms with Crippen molar-refractivity contribution in [3.8, 4) is 0 Å². The van der Waals surface area contributed by atoms with Gasteiger partial charge in [0.05, 0.1) is 12.4 Å². The molecule has 0 radical (unpaired) electrons. The first-order valence-electron chi connectivity index (χ1n) is 7.89. The number of rotatable bonds is 5. The molecule has 7 heteroatoms. The van der Waals surface area contributed by atoms with E-state index in [0.29, 0.717) is 0 Å². The lowest BCUT2D eigenvalue weighted by Gasteiger charge is -2.09. The highest BCUT2D eigenvalue weighted by atomic mass is 16.3. The summed E-state index contributed by atoms with van der Waals surface area (Å²) in [7, 11) is 3.00. The fourth-order valence-corrected chi connectivity index (χ4v) is 2.08. The summed E-state index contributed by atoms with van der Waals surface area (Å²) in [5, 5.41) is 9.37. The number of aromatic nitrogens is 4. The molecule has 7 nitrogen and oxygen atoms in total. The van der Waals surface area contributed by atoms with Gasteiger partial charge in [0.1, 0.15) is 1.37 Å². The highest BCUT2D eigenvalue weighted by Crippen LogP contribution is 2.04. The molecule has 2 aromatic rings. The fourth-order valence-electron chi connectivity index (χ4n) is 2.08. The third kappa shape index (κ3) is 2.53. The van der Waals surface area contributed by atoms with Crippen molar-refractivity contribution < 1.29 is 9.22 Å². The zero-order valence-corrected chi connectivity index (χ0v) is 11.8. The summed E-state index contributed by atoms with van der Waals surface area (Å²) >= 11 is 0. The van der Waals surface area contributed by atoms with Crippen molar-refractivity contribution in [1.82, 2.24) is 18.7 Å². The van der Waals surface area contributed by atoms with Crippen LogP contribution in [0.15, 0.2) is 15.9 Å². The smallest absolute Gasteiger partial charge is 0.332 e. The Morgan fingerprint density at radius 1 is 1.45 bits per heavy atom. The van der Waals surface area contributed by atoms with E-state index in [0.717, 1.165) is 4.57 Å². The Hall–Kier alpha value is -1.89. The van der Waals surface area contributed by atoms with E-state index in [1.807, 2.05) is 0 Å². The van der Waals surface area contributed by atoms with Gasteiger partial charge in [0.15, 0.2) is 11.2 Å². The number of aliphatic hydroxyl groups excluding tert-OH is 1. The predicted octanol–water partition coefficient (Wildman–Crippen LogP) is -0.0152. The number of hydrogen-bond acceptors (Lipinski definition) is 4. The van der Waals surface area contributed by atoms with E-state index >= 15 is 0 Å². The first kappa shape index (κ1) is 10.8. The molecule has 1 atom stereocenters. The quantitative estimate of drug-likeness (QED) is 0.836. The minimum atomic E-state index is -1.78. The van der Waals surface area contributed by atoms with Crippen LogP contribution in [-0.2, 0) is 20.6 Å². The van der Waals surface area contributed by atoms with E-state index < -0.39 is 23.7 Å². The second kappa shape index (κ2) is 5.62. The molecule has 0 unspecified atom stereocenters. The van der Waals surface area contributed by atoms with E-state index in [-0.39, 0.29) is 36.9 Å². The third-order valence-electron chi connectivity index (χ3n) is 3.13. The van der Waals surface area contributed by atoms with Crippen LogP contribution in [-0.4, -0.2) is 29.9 Å². The lowest BCUT2D eigenvalue weighted by molar-refractivity contribution is 0.180. The van der Waals surface area contributed by atoms with Crippen molar-refractivity contribution in [2.24, 2.45) is 14.1 Å². The summed E-state index contributed by atoms with van der Waals surface area (Å²) in [5.74, 6) is 0. The summed E-state index contributed by atoms with van der Waals surface area (Å²) < 4.78 is 26.5. The van der Waals surface area contributed by atoms with Crippen LogP contribution in [0.3, 0.4) is 0 Å². The second-order valence-electron chi connectivity index (χ2n) is 4.73. The molecular formula is C13H20N4O3. The van der Waals surface area contributed by atoms with Crippen LogP contribution in [0.2, 0.25) is 0 Å². The van der Waals surface area contributed by atoms with Gasteiger partial charge in [-0.3, -0.25) is 13.9 Å². The fraction of sp³-hybridized carbons (Fsp3) is 0.615. The van der Waals surface area contributed by atoms with Crippen molar-refractivity contribution in [2.45, 2.75) is 38.8 Å². The number of aryl methyl sites for hydroxylation is 2. The van der Waals surface area contributed by atoms with Gasteiger partial charge < -0.3 is 9.67 Å². The normalized spacial score (nSPS) is 15.9. The maximum absolute atomic E-state index is 12.5. The Bertz CT molecular complexity index is 851. The average Bonchev–Trinajstić information content (AvgIpc) is 2.76. The van der Waals surface area contributed by atoms with Gasteiger partial charge >= 0.3 is 5.69 Å². The Balaban J connectivity index is 2.41. The molecule has 0 aliphatic rings. The van der Waals surface area contributed by atoms with Crippen LogP contribution < -0.4 is 11.2 Å². The van der Waals surface area contributed by atoms with Crippen molar-refractivity contribution in [1.29, 1.82) is 0 Å². The summed E-state index contributed by atoms with van der Waals surface area (Å²) in [6, 6.07) is 0. The molecule has 110 valence electrons. The monoisotopic (exact) mass is 283 g/mol. The van der Waals surface area contributed by atoms with Gasteiger partial charge in [-0.2, -0.15) is 0 Å². The van der Waals surface area contributed by atoms with Gasteiger partial charge in [-0.15, -0.1) is 0 Å². The van der Waals surface area contributed by atoms with Crippen LogP contribution in [0.1, 0.15) is 30.3 Å². The van der Waals surface area contributed by atoms with Crippen molar-refractivity contribution >= 4 is 11.2 Å². The Kier molecular flexibility index (Phi) is 3.05. The Morgan fingerprint density at radius 3 is 2.80 bits per heavy atom. The Morgan fingerprint density at radius 2 is 2.15 bits per heavy atom. The second-order valence-corrected chi connectivity index (χ2v) is 4.73. The highest BCUT2D eigenvalue weighted by molar-refractivity contribution is 5.69. The topological polar surface area (TPSA) is 82.1 Å². The summed E-state index contributed by atoms with van der Waals surface area (Å²) in [4.78, 5) is 28.7. The lowest BCUT2D eigenvalue weighted by Crippen LogP contribution is -2.39. The van der Waals surface area contributed by atoms with Crippen LogP contribution in [0.5, 0.6) is 0 Å². The van der Waals surface area contributed by atoms with Gasteiger partial charge in [-0.1, -0.05) is 0 Å². The molecule has 0 fully saturated rings. The van der Waals surface area contributed by atoms with Gasteiger partial charge in [-0.05, 0) is 26.1 Å². The molecule has 2 rings (SSSR count). The number of imidazole rings is 1. The summed E-state index contributed by atoms with van der Waals surface area (Å²) in [6.45, 7) is 1.40. The number of fused-ring (bicyclic) bond motifs is 1. The first-order chi connectivity index (χ1) is 10.6. The van der Waals surface area contributed by atoms with Gasteiger partial charge in [-0.25, -0.2) is 9.78 Å². The molecule has 0 saturated carbocycles. The standard InChI is InChI=1S/C13H20N4O3/c1-9(18)6-4-5-7-17-12(19)10-11(14-8-15(10)2)16(3)13(17)20/h8-9,18H,4-7H2,1-3H3/t9-/m1/s1/i6D2,8D. The molecule has 0 aliphatic carbocycles. The molecule has 0 saturated heterocycles. The van der Waals surface area contributed by atoms with E-state index in [4.69, 9.17) is 4.11 Å². The van der Waals surface area contributed by atoms with Crippen molar-refractivity contribution in [3.05, 3.63) is 27.1 Å². The zero-order chi connectivity index (χ0) is 17.5. The predicted molar refractivity (Wildman–Crippen MR) is 75.7 cm³/mol. The molecular weight excluding hydrogens is 260 g/mol. The maximum Gasteiger partial charge on any atom is 0.332 e. The van der Waals surface area contributed by atoms with Crippen LogP contribution in [0.25, 0.3) is 11.2 Å². The molecule has 0 spiro atoms. The summed E-state index contributed by atoms with van der Waals surface area (Å²) in [6.07, 6.45) is -2.78. The van der Waals surface area contributed by atoms with Crippen LogP contribution in [0.4, 0.5) is 0 Å². The van der Waals surface area contributed by atoms with Gasteiger partial charge in [0, 0.05) is 23.4 Å². The first-order valence-corrected chi connectivity index (χ1v) is 6.39. The van der Waals surface area contributed by atoms with Crippen molar-refractivity contribution in [2.75, 3.05) is 0 Å². The van der Waals surface area contributed by atoms with Gasteiger partial charge in [0.2, 0.25) is 0 Å². The highest BCUT2D eigenvalue weighted by Gasteiger charge is 2.14. The summed E-state index contributed by atoms with van der Waals surface area (Å²) in [5.41, 5.74) is -0.786. The van der Waals surface area contributed by atoms with Gasteiger partial charge in [0.25, 0.3) is 5.56 Å². The molecule has 0 aliphatic heterocycles. The lowest BCUT2D eigenvalue weighted by atomic mass is 10.2. The Labute approximate surface area is 120 Å². The zero-order valence-electron chi connectivity index (χ0n) is 14.8. The molecule has 2 aromatic heterocycles. The van der Waals surface area contributed by atoms with Crippen molar-refractivity contribution in [3.63, 3.8) is 0 Å². The van der Waals surface area contributed by atoms with Crippen LogP contribution in [0, 0.1) is 0 Å². The largest absolute Gasteiger partial charge is 0.393 e. The number of hydrogen-bond donors (Lipinski definition) is 1. The molecule has 0 amide bonds. The van der Waals surface area contributed by atoms with E-state index in [2.05, 4.69) is 4.98 Å². The molecule has 1 N–H and O–H groups in total. The number of nitrogens with zero attached hydrogens (tertiary/aromatic N) is 4.